The third kappa shape index (κ3) is 4.48. The fourth-order valence-corrected chi connectivity index (χ4v) is 3.01. The molecule has 0 aliphatic carbocycles. The Morgan fingerprint density at radius 1 is 0.885 bits per heavy atom. The van der Waals surface area contributed by atoms with Gasteiger partial charge < -0.3 is 11.1 Å². The maximum Gasteiger partial charge on any atom is 0.251 e. The first kappa shape index (κ1) is 17.7. The molecule has 132 valence electrons. The molecular weight excluding hydrogens is 324 g/mol. The molecule has 2 amide bonds. The van der Waals surface area contributed by atoms with Gasteiger partial charge in [0.1, 0.15) is 6.04 Å². The summed E-state index contributed by atoms with van der Waals surface area (Å²) in [5.74, 6) is -0.786. The van der Waals surface area contributed by atoms with Crippen LogP contribution < -0.4 is 11.1 Å². The predicted octanol–water partition coefficient (Wildman–Crippen LogP) is 3.45. The summed E-state index contributed by atoms with van der Waals surface area (Å²) in [7, 11) is 0. The first-order valence-corrected chi connectivity index (χ1v) is 8.76. The Balaban J connectivity index is 1.62. The average Bonchev–Trinajstić information content (AvgIpc) is 2.67. The Labute approximate surface area is 153 Å². The molecule has 1 atom stereocenters. The number of carbonyl (C=O) groups is 2. The van der Waals surface area contributed by atoms with Crippen molar-refractivity contribution in [2.75, 3.05) is 0 Å². The van der Waals surface area contributed by atoms with Crippen LogP contribution in [0.5, 0.6) is 0 Å². The first-order valence-electron chi connectivity index (χ1n) is 8.76. The Bertz CT molecular complexity index is 906. The van der Waals surface area contributed by atoms with Crippen molar-refractivity contribution < 1.29 is 9.59 Å². The van der Waals surface area contributed by atoms with Crippen molar-refractivity contribution in [1.82, 2.24) is 5.32 Å². The number of primary amides is 1. The largest absolute Gasteiger partial charge is 0.368 e. The number of nitrogens with two attached hydrogens (primary N) is 1. The van der Waals surface area contributed by atoms with Crippen LogP contribution in [0, 0.1) is 0 Å². The van der Waals surface area contributed by atoms with E-state index in [0.29, 0.717) is 12.0 Å². The van der Waals surface area contributed by atoms with Crippen molar-refractivity contribution >= 4 is 22.6 Å². The van der Waals surface area contributed by atoms with E-state index in [-0.39, 0.29) is 5.91 Å². The van der Waals surface area contributed by atoms with E-state index < -0.39 is 11.9 Å². The zero-order chi connectivity index (χ0) is 18.4. The summed E-state index contributed by atoms with van der Waals surface area (Å²) in [4.78, 5) is 24.2. The van der Waals surface area contributed by atoms with Crippen LogP contribution in [0.3, 0.4) is 0 Å². The minimum atomic E-state index is -0.669. The van der Waals surface area contributed by atoms with Crippen LogP contribution in [-0.2, 0) is 11.2 Å². The minimum Gasteiger partial charge on any atom is -0.368 e. The van der Waals surface area contributed by atoms with E-state index in [2.05, 4.69) is 5.32 Å². The summed E-state index contributed by atoms with van der Waals surface area (Å²) in [6, 6.07) is 22.7. The Kier molecular flexibility index (Phi) is 5.64. The molecule has 0 aliphatic heterocycles. The zero-order valence-corrected chi connectivity index (χ0v) is 14.5. The monoisotopic (exact) mass is 346 g/mol. The summed E-state index contributed by atoms with van der Waals surface area (Å²) in [5.41, 5.74) is 7.21. The lowest BCUT2D eigenvalue weighted by molar-refractivity contribution is -0.120. The maximum absolute atomic E-state index is 12.5. The lowest BCUT2D eigenvalue weighted by Gasteiger charge is -2.16. The summed E-state index contributed by atoms with van der Waals surface area (Å²) in [5, 5.41) is 4.82. The van der Waals surface area contributed by atoms with Crippen LogP contribution in [0.2, 0.25) is 0 Å². The molecule has 0 heterocycles. The number of amides is 2. The number of hydrogen-bond donors (Lipinski definition) is 2. The molecule has 3 N–H and O–H groups in total. The highest BCUT2D eigenvalue weighted by atomic mass is 16.2. The molecule has 4 heteroatoms. The van der Waals surface area contributed by atoms with Gasteiger partial charge in [-0.2, -0.15) is 0 Å². The molecule has 0 unspecified atom stereocenters. The molecule has 0 fully saturated rings. The number of fused-ring (bicyclic) bond motifs is 1. The highest BCUT2D eigenvalue weighted by Crippen LogP contribution is 2.16. The van der Waals surface area contributed by atoms with Gasteiger partial charge in [-0.1, -0.05) is 60.7 Å². The summed E-state index contributed by atoms with van der Waals surface area (Å²) < 4.78 is 0. The van der Waals surface area contributed by atoms with E-state index in [1.54, 1.807) is 6.07 Å². The lowest BCUT2D eigenvalue weighted by atomic mass is 10.0. The zero-order valence-electron chi connectivity index (χ0n) is 14.5. The van der Waals surface area contributed by atoms with Gasteiger partial charge in [0.15, 0.2) is 0 Å². The quantitative estimate of drug-likeness (QED) is 0.688. The number of nitrogens with one attached hydrogen (secondary N) is 1. The molecule has 0 saturated carbocycles. The second-order valence-electron chi connectivity index (χ2n) is 6.37. The summed E-state index contributed by atoms with van der Waals surface area (Å²) >= 11 is 0. The molecule has 0 radical (unpaired) electrons. The normalized spacial score (nSPS) is 11.8. The van der Waals surface area contributed by atoms with E-state index in [0.717, 1.165) is 23.6 Å². The van der Waals surface area contributed by atoms with Crippen molar-refractivity contribution in [1.29, 1.82) is 0 Å². The second-order valence-corrected chi connectivity index (χ2v) is 6.37. The molecule has 0 saturated heterocycles. The van der Waals surface area contributed by atoms with Crippen molar-refractivity contribution in [2.24, 2.45) is 5.73 Å². The topological polar surface area (TPSA) is 72.2 Å². The van der Waals surface area contributed by atoms with E-state index in [1.165, 1.54) is 5.56 Å². The fourth-order valence-electron chi connectivity index (χ4n) is 3.01. The number of rotatable bonds is 7. The van der Waals surface area contributed by atoms with Gasteiger partial charge in [-0.15, -0.1) is 0 Å². The third-order valence-corrected chi connectivity index (χ3v) is 4.46. The number of benzene rings is 3. The minimum absolute atomic E-state index is 0.278. The summed E-state index contributed by atoms with van der Waals surface area (Å²) in [6.07, 6.45) is 2.13. The van der Waals surface area contributed by atoms with Crippen LogP contribution in [0.1, 0.15) is 28.8 Å². The smallest absolute Gasteiger partial charge is 0.251 e. The number of carbonyl (C=O) groups excluding carboxylic acids is 2. The Morgan fingerprint density at radius 2 is 1.58 bits per heavy atom. The molecule has 0 bridgehead atoms. The Hall–Kier alpha value is -3.14. The molecule has 3 aromatic carbocycles. The summed E-state index contributed by atoms with van der Waals surface area (Å²) in [6.45, 7) is 0. The van der Waals surface area contributed by atoms with E-state index in [9.17, 15) is 9.59 Å². The van der Waals surface area contributed by atoms with Gasteiger partial charge in [0.2, 0.25) is 5.91 Å². The molecule has 0 aromatic heterocycles. The first-order chi connectivity index (χ1) is 12.6. The average molecular weight is 346 g/mol. The Morgan fingerprint density at radius 3 is 2.31 bits per heavy atom. The molecule has 26 heavy (non-hydrogen) atoms. The van der Waals surface area contributed by atoms with Crippen LogP contribution in [0.4, 0.5) is 0 Å². The highest BCUT2D eigenvalue weighted by molar-refractivity contribution is 6.00. The fraction of sp³-hybridized carbons (Fsp3) is 0.182. The molecule has 3 aromatic rings. The number of hydrogen-bond acceptors (Lipinski definition) is 2. The molecule has 0 spiro atoms. The van der Waals surface area contributed by atoms with Gasteiger partial charge >= 0.3 is 0 Å². The number of aryl methyl sites for hydroxylation is 1. The van der Waals surface area contributed by atoms with Crippen molar-refractivity contribution in [3.63, 3.8) is 0 Å². The SMILES string of the molecule is NC(=O)[C@H](CCCc1ccccc1)NC(=O)c1ccc2ccccc2c1. The van der Waals surface area contributed by atoms with E-state index >= 15 is 0 Å². The standard InChI is InChI=1S/C22H22N2O2/c23-21(25)20(12-6-9-16-7-2-1-3-8-16)24-22(26)19-14-13-17-10-4-5-11-18(17)15-19/h1-5,7-8,10-11,13-15,20H,6,9,12H2,(H2,23,25)(H,24,26)/t20-/m0/s1. The molecule has 3 rings (SSSR count). The highest BCUT2D eigenvalue weighted by Gasteiger charge is 2.18. The maximum atomic E-state index is 12.5. The molecule has 0 aliphatic rings. The molecular formula is C22H22N2O2. The van der Waals surface area contributed by atoms with Gasteiger partial charge in [-0.05, 0) is 47.7 Å². The van der Waals surface area contributed by atoms with Crippen molar-refractivity contribution in [2.45, 2.75) is 25.3 Å². The second kappa shape index (κ2) is 8.30. The van der Waals surface area contributed by atoms with E-state index in [4.69, 9.17) is 5.73 Å². The van der Waals surface area contributed by atoms with Gasteiger partial charge in [-0.25, -0.2) is 0 Å². The predicted molar refractivity (Wildman–Crippen MR) is 104 cm³/mol. The van der Waals surface area contributed by atoms with Crippen LogP contribution >= 0.6 is 0 Å². The van der Waals surface area contributed by atoms with Gasteiger partial charge in [0, 0.05) is 5.56 Å². The lowest BCUT2D eigenvalue weighted by Crippen LogP contribution is -2.44. The van der Waals surface area contributed by atoms with Gasteiger partial charge in [0.25, 0.3) is 5.91 Å². The van der Waals surface area contributed by atoms with Crippen molar-refractivity contribution in [3.8, 4) is 0 Å². The van der Waals surface area contributed by atoms with E-state index in [1.807, 2.05) is 66.7 Å². The van der Waals surface area contributed by atoms with Gasteiger partial charge in [-0.3, -0.25) is 9.59 Å². The molecule has 4 nitrogen and oxygen atoms in total. The van der Waals surface area contributed by atoms with Crippen LogP contribution in [0.25, 0.3) is 10.8 Å². The third-order valence-electron chi connectivity index (χ3n) is 4.46. The van der Waals surface area contributed by atoms with Crippen LogP contribution in [0.15, 0.2) is 72.8 Å². The van der Waals surface area contributed by atoms with Gasteiger partial charge in [0.05, 0.1) is 0 Å². The van der Waals surface area contributed by atoms with Crippen molar-refractivity contribution in [3.05, 3.63) is 83.9 Å². The van der Waals surface area contributed by atoms with Crippen LogP contribution in [-0.4, -0.2) is 17.9 Å².